The van der Waals surface area contributed by atoms with Gasteiger partial charge in [-0.15, -0.1) is 0 Å². The fourth-order valence-electron chi connectivity index (χ4n) is 2.76. The van der Waals surface area contributed by atoms with E-state index in [0.29, 0.717) is 12.0 Å². The van der Waals surface area contributed by atoms with E-state index in [0.717, 1.165) is 22.4 Å². The first-order valence-electron chi connectivity index (χ1n) is 9.12. The van der Waals surface area contributed by atoms with Crippen LogP contribution in [0.25, 0.3) is 11.1 Å². The summed E-state index contributed by atoms with van der Waals surface area (Å²) in [6.45, 7) is 0. The van der Waals surface area contributed by atoms with Gasteiger partial charge >= 0.3 is 0 Å². The Balaban J connectivity index is 1.56. The molecule has 0 saturated carbocycles. The fraction of sp³-hybridized carbons (Fsp3) is 0.0870. The number of hydrogen-bond donors (Lipinski definition) is 3. The lowest BCUT2D eigenvalue weighted by atomic mass is 10.0. The monoisotopic (exact) mass is 403 g/mol. The molecule has 0 bridgehead atoms. The third-order valence-electron chi connectivity index (χ3n) is 4.34. The molecule has 3 rings (SSSR count). The Morgan fingerprint density at radius 1 is 0.828 bits per heavy atom. The van der Waals surface area contributed by atoms with Crippen LogP contribution in [0, 0.1) is 0 Å². The molecular weight excluding hydrogens is 382 g/mol. The average Bonchev–Trinajstić information content (AvgIpc) is 2.75. The van der Waals surface area contributed by atoms with Gasteiger partial charge in [0.1, 0.15) is 0 Å². The van der Waals surface area contributed by atoms with Crippen LogP contribution in [-0.2, 0) is 11.2 Å². The summed E-state index contributed by atoms with van der Waals surface area (Å²) >= 11 is 5.23. The molecule has 2 amide bonds. The van der Waals surface area contributed by atoms with Gasteiger partial charge in [-0.1, -0.05) is 54.6 Å². The molecular formula is C23H21N3O2S. The van der Waals surface area contributed by atoms with Gasteiger partial charge in [-0.3, -0.25) is 14.9 Å². The number of carbonyl (C=O) groups excluding carboxylic acids is 2. The van der Waals surface area contributed by atoms with E-state index in [1.165, 1.54) is 0 Å². The number of amides is 2. The third-order valence-corrected chi connectivity index (χ3v) is 4.54. The Bertz CT molecular complexity index is 1000. The molecule has 0 fully saturated rings. The molecule has 0 radical (unpaired) electrons. The lowest BCUT2D eigenvalue weighted by Crippen LogP contribution is -2.34. The first-order chi connectivity index (χ1) is 14.0. The SMILES string of the molecule is CNC(=O)Cc1ccc(NC(=S)NC(=O)c2ccc(-c3ccccc3)cc2)cc1. The second kappa shape index (κ2) is 9.61. The summed E-state index contributed by atoms with van der Waals surface area (Å²) in [7, 11) is 1.61. The van der Waals surface area contributed by atoms with Crippen molar-refractivity contribution >= 4 is 34.8 Å². The average molecular weight is 404 g/mol. The zero-order valence-corrected chi connectivity index (χ0v) is 16.8. The van der Waals surface area contributed by atoms with Crippen LogP contribution in [0.15, 0.2) is 78.9 Å². The molecule has 29 heavy (non-hydrogen) atoms. The zero-order chi connectivity index (χ0) is 20.6. The van der Waals surface area contributed by atoms with E-state index >= 15 is 0 Å². The number of hydrogen-bond acceptors (Lipinski definition) is 3. The van der Waals surface area contributed by atoms with Gasteiger partial charge in [-0.25, -0.2) is 0 Å². The molecule has 0 aliphatic rings. The molecule has 0 unspecified atom stereocenters. The number of anilines is 1. The van der Waals surface area contributed by atoms with Crippen LogP contribution in [0.1, 0.15) is 15.9 Å². The van der Waals surface area contributed by atoms with Crippen LogP contribution < -0.4 is 16.0 Å². The minimum absolute atomic E-state index is 0.0493. The Hall–Kier alpha value is -3.51. The molecule has 0 heterocycles. The molecule has 3 aromatic carbocycles. The van der Waals surface area contributed by atoms with Crippen molar-refractivity contribution in [2.45, 2.75) is 6.42 Å². The maximum atomic E-state index is 12.4. The molecule has 0 saturated heterocycles. The van der Waals surface area contributed by atoms with Crippen LogP contribution in [0.4, 0.5) is 5.69 Å². The highest BCUT2D eigenvalue weighted by Gasteiger charge is 2.09. The molecule has 3 aromatic rings. The summed E-state index contributed by atoms with van der Waals surface area (Å²) in [6.07, 6.45) is 0.316. The van der Waals surface area contributed by atoms with Crippen molar-refractivity contribution in [3.8, 4) is 11.1 Å². The van der Waals surface area contributed by atoms with E-state index in [1.807, 2.05) is 66.7 Å². The number of rotatable bonds is 5. The van der Waals surface area contributed by atoms with Crippen LogP contribution in [0.2, 0.25) is 0 Å². The largest absolute Gasteiger partial charge is 0.359 e. The van der Waals surface area contributed by atoms with Crippen molar-refractivity contribution in [1.82, 2.24) is 10.6 Å². The van der Waals surface area contributed by atoms with Gasteiger partial charge in [0.15, 0.2) is 5.11 Å². The summed E-state index contributed by atoms with van der Waals surface area (Å²) in [5, 5.41) is 8.45. The smallest absolute Gasteiger partial charge is 0.257 e. The summed E-state index contributed by atoms with van der Waals surface area (Å²) < 4.78 is 0. The summed E-state index contributed by atoms with van der Waals surface area (Å²) in [5.41, 5.74) is 4.28. The number of thiocarbonyl (C=S) groups is 1. The van der Waals surface area contributed by atoms with E-state index in [1.54, 1.807) is 19.2 Å². The standard InChI is InChI=1S/C23H21N3O2S/c1-24-21(27)15-16-7-13-20(14-8-16)25-23(29)26-22(28)19-11-9-18(10-12-19)17-5-3-2-4-6-17/h2-14H,15H2,1H3,(H,24,27)(H2,25,26,28,29). The Morgan fingerprint density at radius 3 is 2.07 bits per heavy atom. The van der Waals surface area contributed by atoms with Crippen LogP contribution in [-0.4, -0.2) is 24.0 Å². The van der Waals surface area contributed by atoms with Gasteiger partial charge in [-0.05, 0) is 53.2 Å². The van der Waals surface area contributed by atoms with Gasteiger partial charge in [0.25, 0.3) is 5.91 Å². The second-order valence-corrected chi connectivity index (χ2v) is 6.81. The molecule has 0 atom stereocenters. The van der Waals surface area contributed by atoms with Crippen molar-refractivity contribution in [3.63, 3.8) is 0 Å². The summed E-state index contributed by atoms with van der Waals surface area (Å²) in [5.74, 6) is -0.329. The van der Waals surface area contributed by atoms with E-state index in [4.69, 9.17) is 12.2 Å². The quantitative estimate of drug-likeness (QED) is 0.567. The van der Waals surface area contributed by atoms with Gasteiger partial charge in [0, 0.05) is 18.3 Å². The minimum atomic E-state index is -0.279. The lowest BCUT2D eigenvalue weighted by Gasteiger charge is -2.10. The molecule has 0 aliphatic heterocycles. The predicted octanol–water partition coefficient (Wildman–Crippen LogP) is 3.77. The molecule has 3 N–H and O–H groups in total. The molecule has 0 aliphatic carbocycles. The van der Waals surface area contributed by atoms with Gasteiger partial charge in [0.05, 0.1) is 6.42 Å². The number of likely N-dealkylation sites (N-methyl/N-ethyl adjacent to an activating group) is 1. The highest BCUT2D eigenvalue weighted by molar-refractivity contribution is 7.80. The maximum absolute atomic E-state index is 12.4. The van der Waals surface area contributed by atoms with E-state index < -0.39 is 0 Å². The minimum Gasteiger partial charge on any atom is -0.359 e. The van der Waals surface area contributed by atoms with Crippen LogP contribution in [0.5, 0.6) is 0 Å². The number of nitrogens with one attached hydrogen (secondary N) is 3. The van der Waals surface area contributed by atoms with Crippen molar-refractivity contribution < 1.29 is 9.59 Å². The fourth-order valence-corrected chi connectivity index (χ4v) is 2.97. The van der Waals surface area contributed by atoms with E-state index in [9.17, 15) is 9.59 Å². The van der Waals surface area contributed by atoms with E-state index in [-0.39, 0.29) is 16.9 Å². The Labute approximate surface area is 175 Å². The molecule has 146 valence electrons. The third kappa shape index (κ3) is 5.73. The summed E-state index contributed by atoms with van der Waals surface area (Å²) in [4.78, 5) is 23.8. The van der Waals surface area contributed by atoms with Crippen LogP contribution in [0.3, 0.4) is 0 Å². The van der Waals surface area contributed by atoms with Gasteiger partial charge < -0.3 is 10.6 Å². The maximum Gasteiger partial charge on any atom is 0.257 e. The van der Waals surface area contributed by atoms with E-state index in [2.05, 4.69) is 16.0 Å². The van der Waals surface area contributed by atoms with Crippen molar-refractivity contribution in [1.29, 1.82) is 0 Å². The van der Waals surface area contributed by atoms with Crippen LogP contribution >= 0.6 is 12.2 Å². The first-order valence-corrected chi connectivity index (χ1v) is 9.53. The lowest BCUT2D eigenvalue weighted by molar-refractivity contribution is -0.119. The van der Waals surface area contributed by atoms with Crippen molar-refractivity contribution in [2.24, 2.45) is 0 Å². The van der Waals surface area contributed by atoms with Crippen molar-refractivity contribution in [2.75, 3.05) is 12.4 Å². The first kappa shape index (κ1) is 20.2. The molecule has 0 spiro atoms. The van der Waals surface area contributed by atoms with Gasteiger partial charge in [0.2, 0.25) is 5.91 Å². The summed E-state index contributed by atoms with van der Waals surface area (Å²) in [6, 6.07) is 24.6. The normalized spacial score (nSPS) is 10.1. The number of benzene rings is 3. The Kier molecular flexibility index (Phi) is 6.71. The topological polar surface area (TPSA) is 70.2 Å². The molecule has 6 heteroatoms. The van der Waals surface area contributed by atoms with Crippen molar-refractivity contribution in [3.05, 3.63) is 90.0 Å². The highest BCUT2D eigenvalue weighted by atomic mass is 32.1. The Morgan fingerprint density at radius 2 is 1.45 bits per heavy atom. The van der Waals surface area contributed by atoms with Gasteiger partial charge in [-0.2, -0.15) is 0 Å². The zero-order valence-electron chi connectivity index (χ0n) is 15.9. The predicted molar refractivity (Wildman–Crippen MR) is 120 cm³/mol. The second-order valence-electron chi connectivity index (χ2n) is 6.40. The molecule has 0 aromatic heterocycles. The highest BCUT2D eigenvalue weighted by Crippen LogP contribution is 2.19. The molecule has 5 nitrogen and oxygen atoms in total. The number of carbonyl (C=O) groups is 2.